The Kier molecular flexibility index (Phi) is 10.8. The van der Waals surface area contributed by atoms with Crippen molar-refractivity contribution >= 4 is 39.2 Å². The number of aldehydes is 1. The van der Waals surface area contributed by atoms with Gasteiger partial charge in [-0.1, -0.05) is 15.9 Å². The monoisotopic (exact) mass is 245 g/mol. The standard InChI is InChI=1S/C4H8BrNO.BrH/c5-2-1-4(6)3-7;/h3-4H,1-2,6H2;1H/t4-;/m0./s1. The Morgan fingerprint density at radius 3 is 2.38 bits per heavy atom. The molecule has 0 bridgehead atoms. The normalized spacial score (nSPS) is 11.8. The van der Waals surface area contributed by atoms with E-state index < -0.39 is 0 Å². The lowest BCUT2D eigenvalue weighted by atomic mass is 10.3. The van der Waals surface area contributed by atoms with Gasteiger partial charge in [0.25, 0.3) is 0 Å². The highest BCUT2D eigenvalue weighted by Crippen LogP contribution is 1.88. The first-order valence-corrected chi connectivity index (χ1v) is 3.20. The molecule has 0 aromatic carbocycles. The van der Waals surface area contributed by atoms with Crippen LogP contribution in [0.2, 0.25) is 0 Å². The molecule has 0 aliphatic rings. The summed E-state index contributed by atoms with van der Waals surface area (Å²) >= 11 is 3.15. The van der Waals surface area contributed by atoms with Gasteiger partial charge in [-0.25, -0.2) is 0 Å². The Balaban J connectivity index is 0. The Morgan fingerprint density at radius 1 is 1.75 bits per heavy atom. The molecule has 0 heterocycles. The molecular weight excluding hydrogens is 238 g/mol. The van der Waals surface area contributed by atoms with Crippen molar-refractivity contribution in [2.45, 2.75) is 12.5 Å². The first kappa shape index (κ1) is 11.4. The van der Waals surface area contributed by atoms with Gasteiger partial charge < -0.3 is 10.5 Å². The van der Waals surface area contributed by atoms with Crippen molar-refractivity contribution < 1.29 is 4.79 Å². The molecule has 0 aromatic rings. The number of halogens is 2. The summed E-state index contributed by atoms with van der Waals surface area (Å²) in [5.74, 6) is 0. The molecule has 8 heavy (non-hydrogen) atoms. The van der Waals surface area contributed by atoms with Crippen LogP contribution in [0.5, 0.6) is 0 Å². The zero-order chi connectivity index (χ0) is 5.70. The van der Waals surface area contributed by atoms with Crippen molar-refractivity contribution in [3.8, 4) is 0 Å². The maximum atomic E-state index is 9.75. The van der Waals surface area contributed by atoms with Crippen LogP contribution in [0.25, 0.3) is 0 Å². The van der Waals surface area contributed by atoms with Gasteiger partial charge in [0.15, 0.2) is 0 Å². The molecule has 0 saturated carbocycles. The van der Waals surface area contributed by atoms with Gasteiger partial charge in [-0.15, -0.1) is 17.0 Å². The van der Waals surface area contributed by atoms with E-state index in [1.54, 1.807) is 0 Å². The van der Waals surface area contributed by atoms with Crippen molar-refractivity contribution in [3.63, 3.8) is 0 Å². The van der Waals surface area contributed by atoms with Gasteiger partial charge >= 0.3 is 0 Å². The average Bonchev–Trinajstić information content (AvgIpc) is 1.68. The molecule has 0 aromatic heterocycles. The third-order valence-corrected chi connectivity index (χ3v) is 1.08. The zero-order valence-electron chi connectivity index (χ0n) is 4.34. The number of hydrogen-bond donors (Lipinski definition) is 1. The Hall–Kier alpha value is 0.590. The Morgan fingerprint density at radius 2 is 2.25 bits per heavy atom. The Bertz CT molecular complexity index is 60.0. The van der Waals surface area contributed by atoms with E-state index in [4.69, 9.17) is 5.73 Å². The molecule has 0 amide bonds. The van der Waals surface area contributed by atoms with E-state index in [0.717, 1.165) is 18.0 Å². The lowest BCUT2D eigenvalue weighted by Gasteiger charge is -1.94. The Labute approximate surface area is 67.7 Å². The molecule has 1 atom stereocenters. The summed E-state index contributed by atoms with van der Waals surface area (Å²) in [6, 6.07) is -0.278. The van der Waals surface area contributed by atoms with Crippen LogP contribution in [0.1, 0.15) is 6.42 Å². The van der Waals surface area contributed by atoms with Crippen LogP contribution in [0.4, 0.5) is 0 Å². The summed E-state index contributed by atoms with van der Waals surface area (Å²) in [6.07, 6.45) is 1.48. The van der Waals surface area contributed by atoms with Crippen LogP contribution in [-0.2, 0) is 4.79 Å². The summed E-state index contributed by atoms with van der Waals surface area (Å²) in [6.45, 7) is 0. The molecule has 0 unspecified atom stereocenters. The minimum absolute atomic E-state index is 0. The van der Waals surface area contributed by atoms with E-state index in [-0.39, 0.29) is 23.0 Å². The summed E-state index contributed by atoms with van der Waals surface area (Å²) in [5.41, 5.74) is 5.19. The van der Waals surface area contributed by atoms with Crippen LogP contribution in [0.15, 0.2) is 0 Å². The molecule has 0 spiro atoms. The van der Waals surface area contributed by atoms with Crippen molar-refractivity contribution in [1.82, 2.24) is 0 Å². The number of carbonyl (C=O) groups is 1. The van der Waals surface area contributed by atoms with Crippen LogP contribution in [-0.4, -0.2) is 17.7 Å². The van der Waals surface area contributed by atoms with E-state index in [2.05, 4.69) is 15.9 Å². The first-order chi connectivity index (χ1) is 3.31. The van der Waals surface area contributed by atoms with E-state index in [1.165, 1.54) is 0 Å². The second kappa shape index (κ2) is 7.59. The van der Waals surface area contributed by atoms with E-state index in [9.17, 15) is 4.79 Å². The average molecular weight is 247 g/mol. The van der Waals surface area contributed by atoms with Gasteiger partial charge in [0.1, 0.15) is 6.29 Å². The van der Waals surface area contributed by atoms with Crippen molar-refractivity contribution in [1.29, 1.82) is 0 Å². The third kappa shape index (κ3) is 6.59. The van der Waals surface area contributed by atoms with Crippen LogP contribution < -0.4 is 5.73 Å². The van der Waals surface area contributed by atoms with Gasteiger partial charge in [-0.3, -0.25) is 0 Å². The molecule has 0 saturated heterocycles. The van der Waals surface area contributed by atoms with Gasteiger partial charge in [-0.2, -0.15) is 0 Å². The van der Waals surface area contributed by atoms with Crippen molar-refractivity contribution in [2.75, 3.05) is 5.33 Å². The summed E-state index contributed by atoms with van der Waals surface area (Å²) in [5, 5.41) is 0.799. The van der Waals surface area contributed by atoms with Crippen LogP contribution in [0, 0.1) is 0 Å². The highest BCUT2D eigenvalue weighted by molar-refractivity contribution is 9.09. The fourth-order valence-corrected chi connectivity index (χ4v) is 0.723. The lowest BCUT2D eigenvalue weighted by molar-refractivity contribution is -0.108. The molecule has 0 fully saturated rings. The molecule has 0 aliphatic carbocycles. The molecule has 0 aliphatic heterocycles. The molecule has 0 rings (SSSR count). The highest BCUT2D eigenvalue weighted by Gasteiger charge is 1.94. The topological polar surface area (TPSA) is 43.1 Å². The maximum absolute atomic E-state index is 9.75. The SMILES string of the molecule is Br.N[C@H](C=O)CCBr. The quantitative estimate of drug-likeness (QED) is 0.594. The first-order valence-electron chi connectivity index (χ1n) is 2.08. The zero-order valence-corrected chi connectivity index (χ0v) is 7.64. The molecule has 4 heteroatoms. The number of hydrogen-bond acceptors (Lipinski definition) is 2. The van der Waals surface area contributed by atoms with E-state index in [1.807, 2.05) is 0 Å². The molecule has 2 nitrogen and oxygen atoms in total. The minimum Gasteiger partial charge on any atom is -0.322 e. The predicted octanol–water partition coefficient (Wildman–Crippen LogP) is 0.876. The second-order valence-corrected chi connectivity index (χ2v) is 2.07. The van der Waals surface area contributed by atoms with Crippen LogP contribution in [0.3, 0.4) is 0 Å². The fourth-order valence-electron chi connectivity index (χ4n) is 0.194. The third-order valence-electron chi connectivity index (χ3n) is 0.617. The van der Waals surface area contributed by atoms with Crippen molar-refractivity contribution in [2.24, 2.45) is 5.73 Å². The van der Waals surface area contributed by atoms with Crippen molar-refractivity contribution in [3.05, 3.63) is 0 Å². The highest BCUT2D eigenvalue weighted by atomic mass is 79.9. The largest absolute Gasteiger partial charge is 0.322 e. The van der Waals surface area contributed by atoms with Gasteiger partial charge in [0, 0.05) is 5.33 Å². The molecule has 2 N–H and O–H groups in total. The summed E-state index contributed by atoms with van der Waals surface area (Å²) in [7, 11) is 0. The van der Waals surface area contributed by atoms with Gasteiger partial charge in [-0.05, 0) is 6.42 Å². The maximum Gasteiger partial charge on any atom is 0.136 e. The molecule has 50 valence electrons. The fraction of sp³-hybridized carbons (Fsp3) is 0.750. The van der Waals surface area contributed by atoms with Gasteiger partial charge in [0.2, 0.25) is 0 Å². The molecular formula is C4H9Br2NO. The lowest BCUT2D eigenvalue weighted by Crippen LogP contribution is -2.21. The number of nitrogens with two attached hydrogens (primary N) is 1. The van der Waals surface area contributed by atoms with Gasteiger partial charge in [0.05, 0.1) is 6.04 Å². The number of alkyl halides is 1. The second-order valence-electron chi connectivity index (χ2n) is 1.28. The van der Waals surface area contributed by atoms with E-state index >= 15 is 0 Å². The minimum atomic E-state index is -0.278. The number of rotatable bonds is 3. The summed E-state index contributed by atoms with van der Waals surface area (Å²) in [4.78, 5) is 9.75. The van der Waals surface area contributed by atoms with E-state index in [0.29, 0.717) is 0 Å². The summed E-state index contributed by atoms with van der Waals surface area (Å²) < 4.78 is 0. The smallest absolute Gasteiger partial charge is 0.136 e. The number of carbonyl (C=O) groups excluding carboxylic acids is 1. The predicted molar refractivity (Wildman–Crippen MR) is 42.8 cm³/mol. The molecule has 0 radical (unpaired) electrons. The van der Waals surface area contributed by atoms with Crippen LogP contribution >= 0.6 is 32.9 Å².